The summed E-state index contributed by atoms with van der Waals surface area (Å²) in [7, 11) is 1.54. The lowest BCUT2D eigenvalue weighted by molar-refractivity contribution is -0.127. The predicted octanol–water partition coefficient (Wildman–Crippen LogP) is 1.96. The minimum absolute atomic E-state index is 0.00536. The number of benzene rings is 1. The van der Waals surface area contributed by atoms with Gasteiger partial charge in [0, 0.05) is 37.1 Å². The Balaban J connectivity index is 1.39. The Hall–Kier alpha value is -4.47. The Labute approximate surface area is 193 Å². The highest BCUT2D eigenvalue weighted by molar-refractivity contribution is 6.10. The zero-order valence-corrected chi connectivity index (χ0v) is 18.1. The normalized spacial score (nSPS) is 19.7. The molecular weight excluding hydrogens is 438 g/mol. The molecule has 0 radical (unpaired) electrons. The molecule has 10 heteroatoms. The molecule has 2 aliphatic rings. The SMILES string of the molecule is COc1ccc2c(c1)C(=O)N(C[C@@]1(c3cc4nc(-n5ccnc5)ccc4o3)CC(=O)NC1=O)C2. The number of carbonyl (C=O) groups is 3. The van der Waals surface area contributed by atoms with Crippen LogP contribution < -0.4 is 10.1 Å². The number of pyridine rings is 1. The molecule has 4 aromatic rings. The van der Waals surface area contributed by atoms with Crippen LogP contribution in [0.15, 0.2) is 59.5 Å². The first kappa shape index (κ1) is 20.2. The zero-order valence-electron chi connectivity index (χ0n) is 18.1. The van der Waals surface area contributed by atoms with Gasteiger partial charge in [0.25, 0.3) is 5.91 Å². The maximum atomic E-state index is 13.2. The van der Waals surface area contributed by atoms with Crippen molar-refractivity contribution in [2.45, 2.75) is 18.4 Å². The van der Waals surface area contributed by atoms with Crippen molar-refractivity contribution in [3.8, 4) is 11.6 Å². The number of aromatic nitrogens is 3. The molecule has 2 aliphatic heterocycles. The highest BCUT2D eigenvalue weighted by Crippen LogP contribution is 2.39. The van der Waals surface area contributed by atoms with E-state index in [4.69, 9.17) is 9.15 Å². The van der Waals surface area contributed by atoms with Crippen molar-refractivity contribution in [3.63, 3.8) is 0 Å². The molecular formula is C24H19N5O5. The predicted molar refractivity (Wildman–Crippen MR) is 118 cm³/mol. The average molecular weight is 457 g/mol. The lowest BCUT2D eigenvalue weighted by Gasteiger charge is -2.28. The lowest BCUT2D eigenvalue weighted by Crippen LogP contribution is -2.46. The minimum Gasteiger partial charge on any atom is -0.497 e. The number of fused-ring (bicyclic) bond motifs is 2. The highest BCUT2D eigenvalue weighted by atomic mass is 16.5. The third kappa shape index (κ3) is 2.99. The first-order valence-electron chi connectivity index (χ1n) is 10.7. The second kappa shape index (κ2) is 7.27. The van der Waals surface area contributed by atoms with Crippen LogP contribution in [-0.4, -0.2) is 50.8 Å². The summed E-state index contributed by atoms with van der Waals surface area (Å²) in [4.78, 5) is 48.8. The Morgan fingerprint density at radius 1 is 1.18 bits per heavy atom. The fraction of sp³-hybridized carbons (Fsp3) is 0.208. The van der Waals surface area contributed by atoms with Crippen molar-refractivity contribution >= 4 is 28.8 Å². The lowest BCUT2D eigenvalue weighted by atomic mass is 9.82. The van der Waals surface area contributed by atoms with Crippen LogP contribution in [0.2, 0.25) is 0 Å². The van der Waals surface area contributed by atoms with Gasteiger partial charge in [-0.1, -0.05) is 6.07 Å². The van der Waals surface area contributed by atoms with E-state index in [1.165, 1.54) is 7.11 Å². The van der Waals surface area contributed by atoms with Gasteiger partial charge in [0.05, 0.1) is 13.5 Å². The summed E-state index contributed by atoms with van der Waals surface area (Å²) in [6, 6.07) is 10.5. The van der Waals surface area contributed by atoms with Crippen LogP contribution in [0.4, 0.5) is 0 Å². The summed E-state index contributed by atoms with van der Waals surface area (Å²) in [6.07, 6.45) is 4.93. The quantitative estimate of drug-likeness (QED) is 0.455. The molecule has 1 atom stereocenters. The summed E-state index contributed by atoms with van der Waals surface area (Å²) >= 11 is 0. The standard InChI is InChI=1S/C24H19N5O5/c1-33-15-3-2-14-11-29(22(31)16(14)8-15)12-24(10-21(30)27-23(24)32)19-9-17-18(34-19)4-5-20(26-17)28-7-6-25-13-28/h2-9,13H,10-12H2,1H3,(H,27,30,32)/t24-/m1/s1. The number of hydrogen-bond acceptors (Lipinski definition) is 7. The fourth-order valence-electron chi connectivity index (χ4n) is 4.66. The van der Waals surface area contributed by atoms with Gasteiger partial charge in [-0.05, 0) is 29.8 Å². The van der Waals surface area contributed by atoms with Crippen LogP contribution in [0.3, 0.4) is 0 Å². The largest absolute Gasteiger partial charge is 0.497 e. The van der Waals surface area contributed by atoms with E-state index in [-0.39, 0.29) is 18.9 Å². The molecule has 1 fully saturated rings. The topological polar surface area (TPSA) is 120 Å². The maximum absolute atomic E-state index is 13.2. The molecule has 0 bridgehead atoms. The van der Waals surface area contributed by atoms with E-state index >= 15 is 0 Å². The number of nitrogens with one attached hydrogen (secondary N) is 1. The van der Waals surface area contributed by atoms with Crippen molar-refractivity contribution in [3.05, 3.63) is 72.0 Å². The average Bonchev–Trinajstić information content (AvgIpc) is 3.61. The van der Waals surface area contributed by atoms with Crippen molar-refractivity contribution in [2.75, 3.05) is 13.7 Å². The second-order valence-electron chi connectivity index (χ2n) is 8.45. The van der Waals surface area contributed by atoms with Crippen LogP contribution in [0.5, 0.6) is 5.75 Å². The number of amides is 3. The molecule has 10 nitrogen and oxygen atoms in total. The van der Waals surface area contributed by atoms with Crippen molar-refractivity contribution < 1.29 is 23.5 Å². The van der Waals surface area contributed by atoms with Gasteiger partial charge >= 0.3 is 0 Å². The van der Waals surface area contributed by atoms with E-state index in [2.05, 4.69) is 15.3 Å². The Bertz CT molecular complexity index is 1470. The van der Waals surface area contributed by atoms with E-state index in [0.29, 0.717) is 40.5 Å². The summed E-state index contributed by atoms with van der Waals surface area (Å²) in [5, 5.41) is 2.38. The van der Waals surface area contributed by atoms with Crippen LogP contribution in [0.25, 0.3) is 16.9 Å². The summed E-state index contributed by atoms with van der Waals surface area (Å²) in [5.74, 6) is 0.377. The summed E-state index contributed by atoms with van der Waals surface area (Å²) < 4.78 is 13.0. The number of imide groups is 1. The second-order valence-corrected chi connectivity index (χ2v) is 8.45. The summed E-state index contributed by atoms with van der Waals surface area (Å²) in [5.41, 5.74) is 1.02. The highest BCUT2D eigenvalue weighted by Gasteiger charge is 2.53. The molecule has 0 aliphatic carbocycles. The molecule has 6 rings (SSSR count). The molecule has 1 N–H and O–H groups in total. The Kier molecular flexibility index (Phi) is 4.31. The van der Waals surface area contributed by atoms with Crippen LogP contribution in [0, 0.1) is 0 Å². The van der Waals surface area contributed by atoms with Crippen molar-refractivity contribution in [1.82, 2.24) is 24.8 Å². The fourth-order valence-corrected chi connectivity index (χ4v) is 4.66. The number of nitrogens with zero attached hydrogens (tertiary/aromatic N) is 4. The molecule has 170 valence electrons. The molecule has 0 unspecified atom stereocenters. The molecule has 3 aromatic heterocycles. The number of carbonyl (C=O) groups excluding carboxylic acids is 3. The van der Waals surface area contributed by atoms with E-state index < -0.39 is 17.2 Å². The third-order valence-corrected chi connectivity index (χ3v) is 6.41. The summed E-state index contributed by atoms with van der Waals surface area (Å²) in [6.45, 7) is 0.319. The van der Waals surface area contributed by atoms with E-state index in [1.54, 1.807) is 58.5 Å². The smallest absolute Gasteiger partial charge is 0.254 e. The monoisotopic (exact) mass is 457 g/mol. The Morgan fingerprint density at radius 2 is 2.06 bits per heavy atom. The molecule has 5 heterocycles. The first-order chi connectivity index (χ1) is 16.5. The van der Waals surface area contributed by atoms with Crippen LogP contribution in [0.1, 0.15) is 28.1 Å². The van der Waals surface area contributed by atoms with E-state index in [9.17, 15) is 14.4 Å². The number of imidazole rings is 1. The van der Waals surface area contributed by atoms with Gasteiger partial charge in [-0.3, -0.25) is 24.3 Å². The number of rotatable bonds is 5. The number of ether oxygens (including phenoxy) is 1. The van der Waals surface area contributed by atoms with Gasteiger partial charge in [0.2, 0.25) is 11.8 Å². The van der Waals surface area contributed by atoms with Crippen molar-refractivity contribution in [2.24, 2.45) is 0 Å². The molecule has 0 saturated carbocycles. The van der Waals surface area contributed by atoms with Gasteiger partial charge in [-0.2, -0.15) is 0 Å². The van der Waals surface area contributed by atoms with Gasteiger partial charge in [0.15, 0.2) is 5.58 Å². The minimum atomic E-state index is -1.35. The van der Waals surface area contributed by atoms with Gasteiger partial charge in [-0.25, -0.2) is 9.97 Å². The number of furan rings is 1. The molecule has 1 saturated heterocycles. The van der Waals surface area contributed by atoms with Gasteiger partial charge < -0.3 is 14.1 Å². The van der Waals surface area contributed by atoms with Crippen LogP contribution in [-0.2, 0) is 21.5 Å². The van der Waals surface area contributed by atoms with Crippen molar-refractivity contribution in [1.29, 1.82) is 0 Å². The van der Waals surface area contributed by atoms with Gasteiger partial charge in [-0.15, -0.1) is 0 Å². The first-order valence-corrected chi connectivity index (χ1v) is 10.7. The van der Waals surface area contributed by atoms with Crippen LogP contribution >= 0.6 is 0 Å². The van der Waals surface area contributed by atoms with E-state index in [0.717, 1.165) is 5.56 Å². The molecule has 34 heavy (non-hydrogen) atoms. The maximum Gasteiger partial charge on any atom is 0.254 e. The molecule has 1 aromatic carbocycles. The third-order valence-electron chi connectivity index (χ3n) is 6.41. The van der Waals surface area contributed by atoms with Gasteiger partial charge in [0.1, 0.15) is 34.6 Å². The zero-order chi connectivity index (χ0) is 23.4. The molecule has 0 spiro atoms. The number of hydrogen-bond donors (Lipinski definition) is 1. The number of methoxy groups -OCH3 is 1. The molecule has 3 amide bonds. The van der Waals surface area contributed by atoms with E-state index in [1.807, 2.05) is 6.07 Å². The Morgan fingerprint density at radius 3 is 2.79 bits per heavy atom.